The Labute approximate surface area is 90.2 Å². The van der Waals surface area contributed by atoms with Gasteiger partial charge in [0.1, 0.15) is 5.75 Å². The van der Waals surface area contributed by atoms with Gasteiger partial charge in [0, 0.05) is 0 Å². The number of ether oxygens (including phenoxy) is 1. The molecule has 2 N–H and O–H groups in total. The molecule has 0 bridgehead atoms. The summed E-state index contributed by atoms with van der Waals surface area (Å²) in [7, 11) is 0. The van der Waals surface area contributed by atoms with Gasteiger partial charge in [0.2, 0.25) is 0 Å². The van der Waals surface area contributed by atoms with Crippen LogP contribution in [0.3, 0.4) is 0 Å². The average molecular weight is 207 g/mol. The number of carbonyl (C=O) groups is 1. The first-order valence-electron chi connectivity index (χ1n) is 5.06. The van der Waals surface area contributed by atoms with Crippen LogP contribution in [0.2, 0.25) is 0 Å². The van der Waals surface area contributed by atoms with Crippen LogP contribution in [0.15, 0.2) is 18.2 Å². The summed E-state index contributed by atoms with van der Waals surface area (Å²) in [4.78, 5) is 11.1. The monoisotopic (exact) mass is 207 g/mol. The predicted octanol–water partition coefficient (Wildman–Crippen LogP) is 1.98. The number of benzene rings is 1. The molecule has 0 spiro atoms. The van der Waals surface area contributed by atoms with Crippen LogP contribution in [-0.4, -0.2) is 12.5 Å². The Morgan fingerprint density at radius 1 is 1.47 bits per heavy atom. The SMILES string of the molecule is Cc1ccc(C(C)C)cc1OC(=O)CN. The molecule has 1 aromatic rings. The molecule has 0 heterocycles. The summed E-state index contributed by atoms with van der Waals surface area (Å²) in [6.45, 7) is 6.01. The van der Waals surface area contributed by atoms with Crippen LogP contribution in [0.4, 0.5) is 0 Å². The molecule has 0 aromatic heterocycles. The standard InChI is InChI=1S/C12H17NO2/c1-8(2)10-5-4-9(3)11(6-10)15-12(14)7-13/h4-6,8H,7,13H2,1-3H3. The van der Waals surface area contributed by atoms with Crippen LogP contribution in [0.1, 0.15) is 30.9 Å². The molecule has 1 aromatic carbocycles. The van der Waals surface area contributed by atoms with E-state index in [0.29, 0.717) is 11.7 Å². The fraction of sp³-hybridized carbons (Fsp3) is 0.417. The second kappa shape index (κ2) is 4.94. The van der Waals surface area contributed by atoms with Crippen molar-refractivity contribution in [2.75, 3.05) is 6.54 Å². The van der Waals surface area contributed by atoms with E-state index in [0.717, 1.165) is 11.1 Å². The highest BCUT2D eigenvalue weighted by molar-refractivity contribution is 5.74. The van der Waals surface area contributed by atoms with Crippen LogP contribution >= 0.6 is 0 Å². The molecule has 0 unspecified atom stereocenters. The van der Waals surface area contributed by atoms with Crippen molar-refractivity contribution in [3.05, 3.63) is 29.3 Å². The van der Waals surface area contributed by atoms with Crippen LogP contribution in [-0.2, 0) is 4.79 Å². The number of hydrogen-bond donors (Lipinski definition) is 1. The summed E-state index contributed by atoms with van der Waals surface area (Å²) < 4.78 is 5.12. The molecule has 1 rings (SSSR count). The molecule has 0 amide bonds. The summed E-state index contributed by atoms with van der Waals surface area (Å²) in [5.74, 6) is 0.622. The minimum atomic E-state index is -0.404. The molecule has 3 nitrogen and oxygen atoms in total. The first-order chi connectivity index (χ1) is 7.04. The normalized spacial score (nSPS) is 10.5. The maximum Gasteiger partial charge on any atom is 0.325 e. The highest BCUT2D eigenvalue weighted by Crippen LogP contribution is 2.24. The minimum absolute atomic E-state index is 0.0919. The van der Waals surface area contributed by atoms with Gasteiger partial charge < -0.3 is 10.5 Å². The highest BCUT2D eigenvalue weighted by atomic mass is 16.5. The molecular weight excluding hydrogens is 190 g/mol. The third kappa shape index (κ3) is 3.06. The largest absolute Gasteiger partial charge is 0.425 e. The fourth-order valence-corrected chi connectivity index (χ4v) is 1.25. The molecule has 0 aliphatic rings. The second-order valence-electron chi connectivity index (χ2n) is 3.86. The van der Waals surface area contributed by atoms with Crippen molar-refractivity contribution in [2.24, 2.45) is 5.73 Å². The van der Waals surface area contributed by atoms with E-state index in [2.05, 4.69) is 13.8 Å². The van der Waals surface area contributed by atoms with Crippen molar-refractivity contribution in [3.8, 4) is 5.75 Å². The summed E-state index contributed by atoms with van der Waals surface area (Å²) in [6.07, 6.45) is 0. The summed E-state index contributed by atoms with van der Waals surface area (Å²) in [5, 5.41) is 0. The molecule has 82 valence electrons. The number of carbonyl (C=O) groups excluding carboxylic acids is 1. The van der Waals surface area contributed by atoms with Gasteiger partial charge in [-0.05, 0) is 30.0 Å². The summed E-state index contributed by atoms with van der Waals surface area (Å²) >= 11 is 0. The lowest BCUT2D eigenvalue weighted by molar-refractivity contribution is -0.132. The van der Waals surface area contributed by atoms with Gasteiger partial charge in [0.25, 0.3) is 0 Å². The van der Waals surface area contributed by atoms with E-state index in [1.54, 1.807) is 0 Å². The van der Waals surface area contributed by atoms with Gasteiger partial charge in [-0.25, -0.2) is 0 Å². The number of hydrogen-bond acceptors (Lipinski definition) is 3. The first kappa shape index (κ1) is 11.7. The number of rotatable bonds is 3. The van der Waals surface area contributed by atoms with Crippen molar-refractivity contribution >= 4 is 5.97 Å². The zero-order valence-electron chi connectivity index (χ0n) is 9.41. The van der Waals surface area contributed by atoms with Crippen molar-refractivity contribution in [1.29, 1.82) is 0 Å². The summed E-state index contributed by atoms with van der Waals surface area (Å²) in [6, 6.07) is 5.89. The van der Waals surface area contributed by atoms with E-state index in [-0.39, 0.29) is 6.54 Å². The Morgan fingerprint density at radius 3 is 2.67 bits per heavy atom. The Morgan fingerprint density at radius 2 is 2.13 bits per heavy atom. The van der Waals surface area contributed by atoms with E-state index in [1.807, 2.05) is 25.1 Å². The lowest BCUT2D eigenvalue weighted by Gasteiger charge is -2.10. The van der Waals surface area contributed by atoms with Crippen LogP contribution in [0.5, 0.6) is 5.75 Å². The first-order valence-corrected chi connectivity index (χ1v) is 5.06. The molecule has 0 radical (unpaired) electrons. The van der Waals surface area contributed by atoms with E-state index >= 15 is 0 Å². The quantitative estimate of drug-likeness (QED) is 0.609. The van der Waals surface area contributed by atoms with Crippen LogP contribution in [0, 0.1) is 6.92 Å². The van der Waals surface area contributed by atoms with E-state index < -0.39 is 5.97 Å². The molecule has 15 heavy (non-hydrogen) atoms. The van der Waals surface area contributed by atoms with Gasteiger partial charge in [-0.3, -0.25) is 4.79 Å². The molecular formula is C12H17NO2. The molecule has 0 saturated heterocycles. The van der Waals surface area contributed by atoms with Crippen molar-refractivity contribution in [1.82, 2.24) is 0 Å². The van der Waals surface area contributed by atoms with Crippen LogP contribution < -0.4 is 10.5 Å². The number of aryl methyl sites for hydroxylation is 1. The Hall–Kier alpha value is -1.35. The molecule has 0 fully saturated rings. The third-order valence-corrected chi connectivity index (χ3v) is 2.27. The predicted molar refractivity (Wildman–Crippen MR) is 60.0 cm³/mol. The number of esters is 1. The van der Waals surface area contributed by atoms with Gasteiger partial charge >= 0.3 is 5.97 Å². The Balaban J connectivity index is 2.95. The molecule has 0 aliphatic heterocycles. The van der Waals surface area contributed by atoms with Gasteiger partial charge in [0.15, 0.2) is 0 Å². The molecule has 0 atom stereocenters. The maximum atomic E-state index is 11.1. The zero-order chi connectivity index (χ0) is 11.4. The maximum absolute atomic E-state index is 11.1. The lowest BCUT2D eigenvalue weighted by Crippen LogP contribution is -2.19. The Bertz CT molecular complexity index is 359. The van der Waals surface area contributed by atoms with E-state index in [4.69, 9.17) is 10.5 Å². The second-order valence-corrected chi connectivity index (χ2v) is 3.86. The smallest absolute Gasteiger partial charge is 0.325 e. The highest BCUT2D eigenvalue weighted by Gasteiger charge is 2.07. The number of nitrogens with two attached hydrogens (primary N) is 1. The topological polar surface area (TPSA) is 52.3 Å². The van der Waals surface area contributed by atoms with Crippen molar-refractivity contribution < 1.29 is 9.53 Å². The summed E-state index contributed by atoms with van der Waals surface area (Å²) in [5.41, 5.74) is 7.29. The van der Waals surface area contributed by atoms with Gasteiger partial charge in [-0.2, -0.15) is 0 Å². The minimum Gasteiger partial charge on any atom is -0.425 e. The molecule has 3 heteroatoms. The lowest BCUT2D eigenvalue weighted by atomic mass is 10.0. The fourth-order valence-electron chi connectivity index (χ4n) is 1.25. The van der Waals surface area contributed by atoms with Gasteiger partial charge in [-0.1, -0.05) is 26.0 Å². The molecule has 0 saturated carbocycles. The molecule has 0 aliphatic carbocycles. The zero-order valence-corrected chi connectivity index (χ0v) is 9.41. The van der Waals surface area contributed by atoms with Crippen molar-refractivity contribution in [2.45, 2.75) is 26.7 Å². The Kier molecular flexibility index (Phi) is 3.86. The third-order valence-electron chi connectivity index (χ3n) is 2.27. The average Bonchev–Trinajstić information content (AvgIpc) is 2.20. The van der Waals surface area contributed by atoms with Gasteiger partial charge in [0.05, 0.1) is 6.54 Å². The van der Waals surface area contributed by atoms with Crippen molar-refractivity contribution in [3.63, 3.8) is 0 Å². The van der Waals surface area contributed by atoms with Crippen LogP contribution in [0.25, 0.3) is 0 Å². The van der Waals surface area contributed by atoms with E-state index in [1.165, 1.54) is 0 Å². The van der Waals surface area contributed by atoms with E-state index in [9.17, 15) is 4.79 Å². The van der Waals surface area contributed by atoms with Gasteiger partial charge in [-0.15, -0.1) is 0 Å².